The fourth-order valence-electron chi connectivity index (χ4n) is 1.07. The first kappa shape index (κ1) is 18.0. The molecule has 2 amide bonds. The van der Waals surface area contributed by atoms with Gasteiger partial charge in [-0.15, -0.1) is 0 Å². The molecule has 0 bridgehead atoms. The second kappa shape index (κ2) is 10.9. The maximum atomic E-state index is 11.3. The molecule has 4 nitrogen and oxygen atoms in total. The van der Waals surface area contributed by atoms with Crippen molar-refractivity contribution in [2.75, 3.05) is 7.11 Å². The summed E-state index contributed by atoms with van der Waals surface area (Å²) in [7, 11) is 0.949. The first-order valence-electron chi connectivity index (χ1n) is 6.07. The molecule has 0 fully saturated rings. The van der Waals surface area contributed by atoms with Gasteiger partial charge in [0.15, 0.2) is 0 Å². The lowest BCUT2D eigenvalue weighted by Gasteiger charge is -2.08. The van der Waals surface area contributed by atoms with Crippen LogP contribution >= 0.6 is 0 Å². The Balaban J connectivity index is 0.000000621. The maximum Gasteiger partial charge on any atom is 0.345 e. The Hall–Kier alpha value is -1.95. The molecule has 112 valence electrons. The molecule has 0 radical (unpaired) electrons. The van der Waals surface area contributed by atoms with Gasteiger partial charge in [-0.2, -0.15) is 8.78 Å². The standard InChI is InChI=1S/C12H16N2O.C2H4F2O/c1-3-10(2)14-12(15)13-9-11-7-5-4-6-8-11;1-5-2(3)4/h4-8H,2-3,9H2,1H3,(H2,13,14,15);2H,1H3. The summed E-state index contributed by atoms with van der Waals surface area (Å²) in [6.07, 6.45) is 0.749. The fraction of sp³-hybridized carbons (Fsp3) is 0.357. The van der Waals surface area contributed by atoms with Gasteiger partial charge in [0, 0.05) is 19.4 Å². The number of urea groups is 1. The Labute approximate surface area is 117 Å². The van der Waals surface area contributed by atoms with Gasteiger partial charge in [-0.05, 0) is 12.0 Å². The van der Waals surface area contributed by atoms with Crippen LogP contribution in [-0.2, 0) is 11.3 Å². The van der Waals surface area contributed by atoms with Crippen LogP contribution in [0.2, 0.25) is 0 Å². The number of benzene rings is 1. The number of alkyl halides is 2. The molecule has 6 heteroatoms. The van der Waals surface area contributed by atoms with Gasteiger partial charge < -0.3 is 15.4 Å². The third-order valence-electron chi connectivity index (χ3n) is 2.19. The third kappa shape index (κ3) is 10.0. The molecule has 2 N–H and O–H groups in total. The van der Waals surface area contributed by atoms with E-state index in [4.69, 9.17) is 0 Å². The molecule has 0 aliphatic rings. The van der Waals surface area contributed by atoms with Crippen LogP contribution in [0.1, 0.15) is 18.9 Å². The third-order valence-corrected chi connectivity index (χ3v) is 2.19. The van der Waals surface area contributed by atoms with E-state index in [-0.39, 0.29) is 6.03 Å². The molecule has 1 aromatic rings. The van der Waals surface area contributed by atoms with Gasteiger partial charge in [-0.25, -0.2) is 4.79 Å². The summed E-state index contributed by atoms with van der Waals surface area (Å²) in [5.41, 5.74) is 1.80. The second-order valence-electron chi connectivity index (χ2n) is 3.75. The highest BCUT2D eigenvalue weighted by Crippen LogP contribution is 1.97. The zero-order valence-electron chi connectivity index (χ0n) is 11.7. The number of carbonyl (C=O) groups is 1. The number of methoxy groups -OCH3 is 1. The number of carbonyl (C=O) groups excluding carboxylic acids is 1. The average molecular weight is 286 g/mol. The van der Waals surface area contributed by atoms with Gasteiger partial charge in [0.05, 0.1) is 0 Å². The minimum Gasteiger partial charge on any atom is -0.334 e. The van der Waals surface area contributed by atoms with E-state index < -0.39 is 6.61 Å². The van der Waals surface area contributed by atoms with Crippen LogP contribution in [0.25, 0.3) is 0 Å². The highest BCUT2D eigenvalue weighted by Gasteiger charge is 2.00. The summed E-state index contributed by atoms with van der Waals surface area (Å²) in [4.78, 5) is 11.3. The Morgan fingerprint density at radius 1 is 1.35 bits per heavy atom. The van der Waals surface area contributed by atoms with E-state index in [9.17, 15) is 13.6 Å². The monoisotopic (exact) mass is 286 g/mol. The topological polar surface area (TPSA) is 50.4 Å². The zero-order chi connectivity index (χ0) is 15.4. The predicted octanol–water partition coefficient (Wildman–Crippen LogP) is 3.26. The molecule has 20 heavy (non-hydrogen) atoms. The number of halogens is 2. The van der Waals surface area contributed by atoms with Gasteiger partial charge in [0.2, 0.25) is 0 Å². The van der Waals surface area contributed by atoms with E-state index in [1.807, 2.05) is 37.3 Å². The molecule has 1 aromatic carbocycles. The van der Waals surface area contributed by atoms with Crippen LogP contribution in [0.5, 0.6) is 0 Å². The number of hydrogen-bond acceptors (Lipinski definition) is 2. The van der Waals surface area contributed by atoms with Gasteiger partial charge in [-0.1, -0.05) is 43.8 Å². The molecule has 0 unspecified atom stereocenters. The van der Waals surface area contributed by atoms with E-state index in [0.29, 0.717) is 6.54 Å². The number of ether oxygens (including phenoxy) is 1. The normalized spacial score (nSPS) is 9.45. The Morgan fingerprint density at radius 3 is 2.35 bits per heavy atom. The van der Waals surface area contributed by atoms with Crippen molar-refractivity contribution in [2.24, 2.45) is 0 Å². The molecule has 0 saturated carbocycles. The van der Waals surface area contributed by atoms with Crippen LogP contribution in [0, 0.1) is 0 Å². The summed E-state index contributed by atoms with van der Waals surface area (Å²) in [6, 6.07) is 9.57. The van der Waals surface area contributed by atoms with E-state index >= 15 is 0 Å². The van der Waals surface area contributed by atoms with Crippen molar-refractivity contribution in [3.63, 3.8) is 0 Å². The van der Waals surface area contributed by atoms with Crippen molar-refractivity contribution in [1.82, 2.24) is 10.6 Å². The lowest BCUT2D eigenvalue weighted by atomic mass is 10.2. The summed E-state index contributed by atoms with van der Waals surface area (Å²) in [6.45, 7) is 3.56. The van der Waals surface area contributed by atoms with Gasteiger partial charge in [0.25, 0.3) is 0 Å². The number of allylic oxidation sites excluding steroid dienone is 1. The molecular formula is C14H20F2N2O2. The molecule has 0 saturated heterocycles. The highest BCUT2D eigenvalue weighted by molar-refractivity contribution is 5.75. The first-order valence-corrected chi connectivity index (χ1v) is 6.07. The van der Waals surface area contributed by atoms with Crippen LogP contribution in [-0.4, -0.2) is 19.8 Å². The number of hydrogen-bond donors (Lipinski definition) is 2. The number of nitrogens with one attached hydrogen (secondary N) is 2. The highest BCUT2D eigenvalue weighted by atomic mass is 19.3. The van der Waals surface area contributed by atoms with Crippen molar-refractivity contribution in [3.05, 3.63) is 48.2 Å². The zero-order valence-corrected chi connectivity index (χ0v) is 11.7. The Bertz CT molecular complexity index is 397. The quantitative estimate of drug-likeness (QED) is 0.873. The number of rotatable bonds is 5. The van der Waals surface area contributed by atoms with Crippen molar-refractivity contribution in [2.45, 2.75) is 26.5 Å². The van der Waals surface area contributed by atoms with Crippen LogP contribution in [0.15, 0.2) is 42.6 Å². The van der Waals surface area contributed by atoms with E-state index in [1.54, 1.807) is 0 Å². The minimum atomic E-state index is -2.62. The van der Waals surface area contributed by atoms with E-state index in [0.717, 1.165) is 24.8 Å². The van der Waals surface area contributed by atoms with E-state index in [1.165, 1.54) is 0 Å². The summed E-state index contributed by atoms with van der Waals surface area (Å²) >= 11 is 0. The largest absolute Gasteiger partial charge is 0.345 e. The Kier molecular flexibility index (Phi) is 9.86. The van der Waals surface area contributed by atoms with Gasteiger partial charge >= 0.3 is 12.6 Å². The van der Waals surface area contributed by atoms with Crippen molar-refractivity contribution in [1.29, 1.82) is 0 Å². The second-order valence-corrected chi connectivity index (χ2v) is 3.75. The van der Waals surface area contributed by atoms with Gasteiger partial charge in [-0.3, -0.25) is 0 Å². The minimum absolute atomic E-state index is 0.203. The molecule has 0 heterocycles. The lowest BCUT2D eigenvalue weighted by Crippen LogP contribution is -2.34. The van der Waals surface area contributed by atoms with Crippen molar-refractivity contribution >= 4 is 6.03 Å². The SMILES string of the molecule is C=C(CC)NC(=O)NCc1ccccc1.COC(F)F. The molecule has 1 rings (SSSR count). The smallest absolute Gasteiger partial charge is 0.334 e. The van der Waals surface area contributed by atoms with Crippen molar-refractivity contribution in [3.8, 4) is 0 Å². The van der Waals surface area contributed by atoms with E-state index in [2.05, 4.69) is 21.9 Å². The fourth-order valence-corrected chi connectivity index (χ4v) is 1.07. The average Bonchev–Trinajstić information content (AvgIpc) is 2.46. The van der Waals surface area contributed by atoms with Crippen LogP contribution in [0.3, 0.4) is 0 Å². The van der Waals surface area contributed by atoms with Crippen LogP contribution < -0.4 is 10.6 Å². The molecule has 0 aliphatic heterocycles. The molecule has 0 aromatic heterocycles. The molecule has 0 aliphatic carbocycles. The molecular weight excluding hydrogens is 266 g/mol. The summed E-state index contributed by atoms with van der Waals surface area (Å²) in [5, 5.41) is 5.41. The summed E-state index contributed by atoms with van der Waals surface area (Å²) < 4.78 is 24.5. The molecule has 0 atom stereocenters. The lowest BCUT2D eigenvalue weighted by molar-refractivity contribution is -0.105. The summed E-state index contributed by atoms with van der Waals surface area (Å²) in [5.74, 6) is 0. The van der Waals surface area contributed by atoms with Crippen LogP contribution in [0.4, 0.5) is 13.6 Å². The van der Waals surface area contributed by atoms with Gasteiger partial charge in [0.1, 0.15) is 0 Å². The molecule has 0 spiro atoms. The number of amides is 2. The maximum absolute atomic E-state index is 11.3. The Morgan fingerprint density at radius 2 is 1.90 bits per heavy atom. The predicted molar refractivity (Wildman–Crippen MR) is 74.3 cm³/mol. The first-order chi connectivity index (χ1) is 9.49. The van der Waals surface area contributed by atoms with Crippen molar-refractivity contribution < 1.29 is 18.3 Å².